The van der Waals surface area contributed by atoms with Crippen LogP contribution in [0, 0.1) is 40.5 Å². The van der Waals surface area contributed by atoms with Gasteiger partial charge in [-0.15, -0.1) is 0 Å². The Morgan fingerprint density at radius 2 is 1.75 bits per heavy atom. The second-order valence-corrected chi connectivity index (χ2v) is 11.4. The topological polar surface area (TPSA) is 62.2 Å². The Morgan fingerprint density at radius 1 is 0.975 bits per heavy atom. The lowest BCUT2D eigenvalue weighted by molar-refractivity contribution is -0.118. The number of aryl methyl sites for hydroxylation is 3. The highest BCUT2D eigenvalue weighted by Crippen LogP contribution is 2.44. The zero-order chi connectivity index (χ0) is 28.7. The van der Waals surface area contributed by atoms with Gasteiger partial charge in [0.2, 0.25) is 5.91 Å². The maximum Gasteiger partial charge on any atom is 0.226 e. The number of anilines is 2. The van der Waals surface area contributed by atoms with E-state index in [0.29, 0.717) is 5.11 Å². The van der Waals surface area contributed by atoms with Gasteiger partial charge in [0, 0.05) is 40.6 Å². The standard InChI is InChI=1S/C33H37N5OS/c1-19(2)32(39)35-27-15-14-25(17-21(27)4)38-31(30(36-33(38)40)28-12-8-9-16-34-28)26-18-22(5)37(24(26)7)29-13-10-11-20(3)23(29)6/h8-19,30-31H,1-7H3,(H,35,39)(H,36,40). The highest BCUT2D eigenvalue weighted by molar-refractivity contribution is 7.80. The molecule has 0 bridgehead atoms. The molecule has 0 aliphatic carbocycles. The van der Waals surface area contributed by atoms with E-state index in [2.05, 4.69) is 84.2 Å². The molecule has 1 amide bonds. The Hall–Kier alpha value is -3.97. The normalized spacial score (nSPS) is 16.9. The summed E-state index contributed by atoms with van der Waals surface area (Å²) in [7, 11) is 0. The molecule has 5 rings (SSSR count). The van der Waals surface area contributed by atoms with Gasteiger partial charge in [-0.2, -0.15) is 0 Å². The fourth-order valence-electron chi connectivity index (χ4n) is 5.60. The fraction of sp³-hybridized carbons (Fsp3) is 0.303. The van der Waals surface area contributed by atoms with Crippen molar-refractivity contribution >= 4 is 34.6 Å². The van der Waals surface area contributed by atoms with Gasteiger partial charge in [-0.25, -0.2) is 0 Å². The maximum absolute atomic E-state index is 12.4. The van der Waals surface area contributed by atoms with Crippen molar-refractivity contribution in [1.29, 1.82) is 0 Å². The molecule has 0 spiro atoms. The van der Waals surface area contributed by atoms with Gasteiger partial charge in [-0.05, 0) is 112 Å². The molecule has 3 heterocycles. The van der Waals surface area contributed by atoms with Crippen LogP contribution < -0.4 is 15.5 Å². The van der Waals surface area contributed by atoms with E-state index < -0.39 is 0 Å². The van der Waals surface area contributed by atoms with Gasteiger partial charge in [0.25, 0.3) is 0 Å². The van der Waals surface area contributed by atoms with Crippen LogP contribution in [0.1, 0.15) is 65.3 Å². The molecule has 1 saturated heterocycles. The molecule has 1 aliphatic heterocycles. The number of carbonyl (C=O) groups excluding carboxylic acids is 1. The monoisotopic (exact) mass is 551 g/mol. The second kappa shape index (κ2) is 10.9. The van der Waals surface area contributed by atoms with E-state index in [9.17, 15) is 4.79 Å². The van der Waals surface area contributed by atoms with Gasteiger partial charge in [-0.3, -0.25) is 9.78 Å². The number of benzene rings is 2. The molecule has 206 valence electrons. The van der Waals surface area contributed by atoms with Crippen molar-refractivity contribution in [2.45, 2.75) is 60.5 Å². The van der Waals surface area contributed by atoms with Crippen LogP contribution in [0.15, 0.2) is 66.9 Å². The van der Waals surface area contributed by atoms with Crippen LogP contribution in [0.3, 0.4) is 0 Å². The molecule has 4 aromatic rings. The quantitative estimate of drug-likeness (QED) is 0.249. The molecule has 2 N–H and O–H groups in total. The Bertz CT molecular complexity index is 1590. The van der Waals surface area contributed by atoms with Crippen molar-refractivity contribution < 1.29 is 4.79 Å². The molecule has 40 heavy (non-hydrogen) atoms. The number of nitrogens with zero attached hydrogens (tertiary/aromatic N) is 3. The van der Waals surface area contributed by atoms with E-state index in [1.54, 1.807) is 0 Å². The molecule has 2 aromatic carbocycles. The van der Waals surface area contributed by atoms with Gasteiger partial charge < -0.3 is 20.1 Å². The Morgan fingerprint density at radius 3 is 2.42 bits per heavy atom. The van der Waals surface area contributed by atoms with Crippen LogP contribution in [0.4, 0.5) is 11.4 Å². The number of carbonyl (C=O) groups is 1. The molecule has 7 heteroatoms. The number of nitrogens with one attached hydrogen (secondary N) is 2. The summed E-state index contributed by atoms with van der Waals surface area (Å²) in [6.07, 6.45) is 1.83. The zero-order valence-electron chi connectivity index (χ0n) is 24.2. The first-order chi connectivity index (χ1) is 19.1. The first kappa shape index (κ1) is 27.6. The highest BCUT2D eigenvalue weighted by Gasteiger charge is 2.42. The van der Waals surface area contributed by atoms with Gasteiger partial charge in [0.15, 0.2) is 5.11 Å². The minimum atomic E-state index is -0.137. The number of pyridine rings is 1. The Labute approximate surface area is 242 Å². The predicted molar refractivity (Wildman–Crippen MR) is 167 cm³/mol. The van der Waals surface area contributed by atoms with E-state index in [1.807, 2.05) is 51.2 Å². The molecule has 2 aromatic heterocycles. The molecule has 6 nitrogen and oxygen atoms in total. The summed E-state index contributed by atoms with van der Waals surface area (Å²) in [5, 5.41) is 7.27. The van der Waals surface area contributed by atoms with E-state index >= 15 is 0 Å². The average molecular weight is 552 g/mol. The maximum atomic E-state index is 12.4. The van der Waals surface area contributed by atoms with Crippen LogP contribution in [0.5, 0.6) is 0 Å². The van der Waals surface area contributed by atoms with E-state index in [-0.39, 0.29) is 23.9 Å². The number of rotatable bonds is 6. The number of amides is 1. The largest absolute Gasteiger partial charge is 0.351 e. The summed E-state index contributed by atoms with van der Waals surface area (Å²) < 4.78 is 2.35. The van der Waals surface area contributed by atoms with Gasteiger partial charge in [0.1, 0.15) is 0 Å². The third kappa shape index (κ3) is 4.90. The summed E-state index contributed by atoms with van der Waals surface area (Å²) in [4.78, 5) is 19.3. The molecular formula is C33H37N5OS. The lowest BCUT2D eigenvalue weighted by Crippen LogP contribution is -2.29. The zero-order valence-corrected chi connectivity index (χ0v) is 25.1. The van der Waals surface area contributed by atoms with Crippen LogP contribution in [-0.4, -0.2) is 20.6 Å². The minimum absolute atomic E-state index is 0.00110. The summed E-state index contributed by atoms with van der Waals surface area (Å²) in [5.41, 5.74) is 11.0. The SMILES string of the molecule is Cc1cc(N2C(=S)NC(c3ccccn3)C2c2cc(C)n(-c3cccc(C)c3C)c2C)ccc1NC(=O)C(C)C. The first-order valence-corrected chi connectivity index (χ1v) is 14.2. The summed E-state index contributed by atoms with van der Waals surface area (Å²) in [6, 6.07) is 20.6. The third-order valence-corrected chi connectivity index (χ3v) is 8.29. The number of hydrogen-bond donors (Lipinski definition) is 2. The highest BCUT2D eigenvalue weighted by atomic mass is 32.1. The summed E-state index contributed by atoms with van der Waals surface area (Å²) in [6.45, 7) is 14.5. The van der Waals surface area contributed by atoms with E-state index in [4.69, 9.17) is 17.2 Å². The van der Waals surface area contributed by atoms with Crippen molar-refractivity contribution in [2.75, 3.05) is 10.2 Å². The lowest BCUT2D eigenvalue weighted by atomic mass is 9.96. The van der Waals surface area contributed by atoms with Crippen molar-refractivity contribution in [2.24, 2.45) is 5.92 Å². The van der Waals surface area contributed by atoms with Gasteiger partial charge >= 0.3 is 0 Å². The van der Waals surface area contributed by atoms with E-state index in [0.717, 1.165) is 22.6 Å². The molecule has 2 atom stereocenters. The number of thiocarbonyl (C=S) groups is 1. The van der Waals surface area contributed by atoms with Crippen molar-refractivity contribution in [1.82, 2.24) is 14.9 Å². The molecule has 2 unspecified atom stereocenters. The molecule has 0 radical (unpaired) electrons. The Kier molecular flexibility index (Phi) is 7.51. The molecule has 1 fully saturated rings. The molecular weight excluding hydrogens is 514 g/mol. The van der Waals surface area contributed by atoms with Crippen molar-refractivity contribution in [3.05, 3.63) is 106 Å². The first-order valence-electron chi connectivity index (χ1n) is 13.8. The summed E-state index contributed by atoms with van der Waals surface area (Å²) >= 11 is 5.98. The Balaban J connectivity index is 1.64. The third-order valence-electron chi connectivity index (χ3n) is 7.97. The van der Waals surface area contributed by atoms with E-state index in [1.165, 1.54) is 33.8 Å². The van der Waals surface area contributed by atoms with Gasteiger partial charge in [0.05, 0.1) is 17.8 Å². The van der Waals surface area contributed by atoms with Crippen molar-refractivity contribution in [3.8, 4) is 5.69 Å². The van der Waals surface area contributed by atoms with Crippen LogP contribution in [0.2, 0.25) is 0 Å². The fourth-order valence-corrected chi connectivity index (χ4v) is 5.95. The van der Waals surface area contributed by atoms with Gasteiger partial charge in [-0.1, -0.05) is 32.0 Å². The second-order valence-electron chi connectivity index (χ2n) is 11.0. The van der Waals surface area contributed by atoms with Crippen molar-refractivity contribution in [3.63, 3.8) is 0 Å². The average Bonchev–Trinajstić information content (AvgIpc) is 3.42. The lowest BCUT2D eigenvalue weighted by Gasteiger charge is -2.29. The number of hydrogen-bond acceptors (Lipinski definition) is 3. The van der Waals surface area contributed by atoms with Crippen LogP contribution >= 0.6 is 12.2 Å². The predicted octanol–water partition coefficient (Wildman–Crippen LogP) is 7.19. The van der Waals surface area contributed by atoms with Crippen LogP contribution in [0.25, 0.3) is 5.69 Å². The van der Waals surface area contributed by atoms with Crippen LogP contribution in [-0.2, 0) is 4.79 Å². The molecule has 1 aliphatic rings. The number of aromatic nitrogens is 2. The molecule has 0 saturated carbocycles. The smallest absolute Gasteiger partial charge is 0.226 e. The minimum Gasteiger partial charge on any atom is -0.351 e. The summed E-state index contributed by atoms with van der Waals surface area (Å²) in [5.74, 6) is -0.0913.